The Labute approximate surface area is 145 Å². The van der Waals surface area contributed by atoms with Gasteiger partial charge in [-0.2, -0.15) is 0 Å². The van der Waals surface area contributed by atoms with Crippen molar-refractivity contribution in [2.75, 3.05) is 34.0 Å². The molecule has 10 heteroatoms. The van der Waals surface area contributed by atoms with Gasteiger partial charge in [-0.15, -0.1) is 0 Å². The van der Waals surface area contributed by atoms with Crippen molar-refractivity contribution in [2.45, 2.75) is 61.5 Å². The standard InChI is InChI=1S/C15H28O10/c1-21-10-3-8(5-16)24-13(11(10)18)23-7-15(20)4-9(6-17)25-14(22-2)12(15)19/h8-14,16-20H,3-7H2,1-2H3/t8?,9?,10?,11?,12?,13-,14-,15?/m1/s1. The topological polar surface area (TPSA) is 147 Å². The highest BCUT2D eigenvalue weighted by Crippen LogP contribution is 2.32. The Kier molecular flexibility index (Phi) is 7.52. The van der Waals surface area contributed by atoms with Crippen molar-refractivity contribution in [1.82, 2.24) is 0 Å². The van der Waals surface area contributed by atoms with Gasteiger partial charge in [-0.3, -0.25) is 0 Å². The molecule has 0 aromatic carbocycles. The molecule has 0 radical (unpaired) electrons. The first-order chi connectivity index (χ1) is 11.9. The maximum atomic E-state index is 10.7. The second-order valence-electron chi connectivity index (χ2n) is 6.42. The number of methoxy groups -OCH3 is 2. The minimum absolute atomic E-state index is 0.0928. The molecule has 0 saturated carbocycles. The van der Waals surface area contributed by atoms with Crippen molar-refractivity contribution >= 4 is 0 Å². The van der Waals surface area contributed by atoms with Gasteiger partial charge in [0.15, 0.2) is 12.6 Å². The molecule has 2 aliphatic heterocycles. The lowest BCUT2D eigenvalue weighted by atomic mass is 9.87. The molecule has 0 aliphatic carbocycles. The summed E-state index contributed by atoms with van der Waals surface area (Å²) < 4.78 is 26.4. The van der Waals surface area contributed by atoms with Crippen LogP contribution in [0.2, 0.25) is 0 Å². The summed E-state index contributed by atoms with van der Waals surface area (Å²) in [4.78, 5) is 0. The second kappa shape index (κ2) is 9.00. The maximum Gasteiger partial charge on any atom is 0.186 e. The van der Waals surface area contributed by atoms with E-state index in [4.69, 9.17) is 23.7 Å². The number of ether oxygens (including phenoxy) is 5. The van der Waals surface area contributed by atoms with Crippen LogP contribution < -0.4 is 0 Å². The molecule has 0 bridgehead atoms. The van der Waals surface area contributed by atoms with E-state index < -0.39 is 55.3 Å². The lowest BCUT2D eigenvalue weighted by Crippen LogP contribution is -2.62. The van der Waals surface area contributed by atoms with Crippen LogP contribution in [0.3, 0.4) is 0 Å². The Hall–Kier alpha value is -0.400. The van der Waals surface area contributed by atoms with E-state index in [1.165, 1.54) is 14.2 Å². The third kappa shape index (κ3) is 4.66. The van der Waals surface area contributed by atoms with Crippen molar-refractivity contribution < 1.29 is 49.2 Å². The van der Waals surface area contributed by atoms with Gasteiger partial charge in [-0.25, -0.2) is 0 Å². The van der Waals surface area contributed by atoms with Crippen LogP contribution in [-0.2, 0) is 23.7 Å². The first-order valence-corrected chi connectivity index (χ1v) is 8.16. The molecule has 148 valence electrons. The van der Waals surface area contributed by atoms with Gasteiger partial charge >= 0.3 is 0 Å². The van der Waals surface area contributed by atoms with Crippen LogP contribution in [0.5, 0.6) is 0 Å². The average Bonchev–Trinajstić information content (AvgIpc) is 2.63. The zero-order chi connectivity index (χ0) is 18.6. The van der Waals surface area contributed by atoms with E-state index in [0.717, 1.165) is 0 Å². The summed E-state index contributed by atoms with van der Waals surface area (Å²) in [7, 11) is 2.73. The zero-order valence-electron chi connectivity index (χ0n) is 14.4. The molecule has 0 spiro atoms. The van der Waals surface area contributed by atoms with E-state index >= 15 is 0 Å². The predicted octanol–water partition coefficient (Wildman–Crippen LogP) is -2.67. The van der Waals surface area contributed by atoms with Gasteiger partial charge in [0.05, 0.1) is 38.1 Å². The van der Waals surface area contributed by atoms with Gasteiger partial charge in [0.25, 0.3) is 0 Å². The Balaban J connectivity index is 2.03. The Morgan fingerprint density at radius 2 is 1.64 bits per heavy atom. The van der Waals surface area contributed by atoms with E-state index in [1.54, 1.807) is 0 Å². The van der Waals surface area contributed by atoms with Crippen LogP contribution in [0.1, 0.15) is 12.8 Å². The van der Waals surface area contributed by atoms with Gasteiger partial charge in [0, 0.05) is 27.1 Å². The van der Waals surface area contributed by atoms with E-state index in [2.05, 4.69) is 0 Å². The normalized spacial score (nSPS) is 45.5. The summed E-state index contributed by atoms with van der Waals surface area (Å²) in [5.74, 6) is 0. The van der Waals surface area contributed by atoms with E-state index in [9.17, 15) is 25.5 Å². The molecule has 0 amide bonds. The summed E-state index contributed by atoms with van der Waals surface area (Å²) in [5.41, 5.74) is -1.77. The molecule has 0 aromatic heterocycles. The molecule has 5 N–H and O–H groups in total. The molecule has 8 atom stereocenters. The number of rotatable bonds is 7. The molecule has 2 fully saturated rings. The van der Waals surface area contributed by atoms with E-state index in [0.29, 0.717) is 6.42 Å². The second-order valence-corrected chi connectivity index (χ2v) is 6.42. The molecule has 2 saturated heterocycles. The molecule has 2 aliphatic rings. The van der Waals surface area contributed by atoms with E-state index in [1.807, 2.05) is 0 Å². The lowest BCUT2D eigenvalue weighted by molar-refractivity contribution is -0.324. The number of hydrogen-bond acceptors (Lipinski definition) is 10. The van der Waals surface area contributed by atoms with Gasteiger partial charge in [0.2, 0.25) is 0 Å². The van der Waals surface area contributed by atoms with Crippen LogP contribution in [0, 0.1) is 0 Å². The van der Waals surface area contributed by atoms with Crippen molar-refractivity contribution in [3.05, 3.63) is 0 Å². The summed E-state index contributed by atoms with van der Waals surface area (Å²) in [5, 5.41) is 49.8. The highest BCUT2D eigenvalue weighted by molar-refractivity contribution is 4.95. The van der Waals surface area contributed by atoms with Crippen molar-refractivity contribution in [1.29, 1.82) is 0 Å². The third-order valence-corrected chi connectivity index (χ3v) is 4.64. The summed E-state index contributed by atoms with van der Waals surface area (Å²) >= 11 is 0. The fourth-order valence-electron chi connectivity index (χ4n) is 3.13. The minimum Gasteiger partial charge on any atom is -0.394 e. The fraction of sp³-hybridized carbons (Fsp3) is 1.00. The SMILES string of the molecule is COC1CC(CO)O[C@@H](OCC2(O)CC(CO)O[C@@H](OC)C2O)C1O. The van der Waals surface area contributed by atoms with Crippen molar-refractivity contribution in [3.8, 4) is 0 Å². The molecular weight excluding hydrogens is 340 g/mol. The van der Waals surface area contributed by atoms with Crippen LogP contribution in [0.15, 0.2) is 0 Å². The fourth-order valence-corrected chi connectivity index (χ4v) is 3.13. The van der Waals surface area contributed by atoms with Gasteiger partial charge < -0.3 is 49.2 Å². The maximum absolute atomic E-state index is 10.7. The van der Waals surface area contributed by atoms with Gasteiger partial charge in [-0.05, 0) is 0 Å². The van der Waals surface area contributed by atoms with Gasteiger partial charge in [0.1, 0.15) is 17.8 Å². The van der Waals surface area contributed by atoms with Crippen molar-refractivity contribution in [3.63, 3.8) is 0 Å². The first kappa shape index (κ1) is 20.9. The van der Waals surface area contributed by atoms with Crippen LogP contribution in [-0.4, -0.2) is 108 Å². The third-order valence-electron chi connectivity index (χ3n) is 4.64. The zero-order valence-corrected chi connectivity index (χ0v) is 14.4. The number of aliphatic hydroxyl groups is 5. The minimum atomic E-state index is -1.77. The summed E-state index contributed by atoms with van der Waals surface area (Å²) in [6, 6.07) is 0. The van der Waals surface area contributed by atoms with Crippen LogP contribution in [0.25, 0.3) is 0 Å². The summed E-state index contributed by atoms with van der Waals surface area (Å²) in [6.07, 6.45) is -6.54. The van der Waals surface area contributed by atoms with Crippen LogP contribution >= 0.6 is 0 Å². The number of hydrogen-bond donors (Lipinski definition) is 5. The van der Waals surface area contributed by atoms with Crippen molar-refractivity contribution in [2.24, 2.45) is 0 Å². The smallest absolute Gasteiger partial charge is 0.186 e. The monoisotopic (exact) mass is 368 g/mol. The quantitative estimate of drug-likeness (QED) is 0.322. The lowest BCUT2D eigenvalue weighted by Gasteiger charge is -2.45. The highest BCUT2D eigenvalue weighted by Gasteiger charge is 2.50. The van der Waals surface area contributed by atoms with E-state index in [-0.39, 0.29) is 19.6 Å². The Morgan fingerprint density at radius 3 is 2.20 bits per heavy atom. The molecular formula is C15H28O10. The average molecular weight is 368 g/mol. The molecule has 25 heavy (non-hydrogen) atoms. The first-order valence-electron chi connectivity index (χ1n) is 8.16. The highest BCUT2D eigenvalue weighted by atomic mass is 16.7. The molecule has 0 aromatic rings. The molecule has 2 heterocycles. The largest absolute Gasteiger partial charge is 0.394 e. The molecule has 10 nitrogen and oxygen atoms in total. The van der Waals surface area contributed by atoms with Crippen LogP contribution in [0.4, 0.5) is 0 Å². The molecule has 6 unspecified atom stereocenters. The summed E-state index contributed by atoms with van der Waals surface area (Å²) in [6.45, 7) is -1.04. The Bertz CT molecular complexity index is 410. The number of aliphatic hydroxyl groups excluding tert-OH is 4. The predicted molar refractivity (Wildman–Crippen MR) is 81.4 cm³/mol. The van der Waals surface area contributed by atoms with Gasteiger partial charge in [-0.1, -0.05) is 0 Å². The Morgan fingerprint density at radius 1 is 1.00 bits per heavy atom. The molecule has 2 rings (SSSR count).